The molecule has 42 valence electrons. The van der Waals surface area contributed by atoms with Crippen molar-refractivity contribution in [2.24, 2.45) is 9.63 Å². The SMILES string of the molecule is O=C1CSN=NC1=O. The van der Waals surface area contributed by atoms with Gasteiger partial charge in [0.15, 0.2) is 0 Å². The van der Waals surface area contributed by atoms with E-state index in [1.165, 1.54) is 0 Å². The molecule has 0 saturated carbocycles. The van der Waals surface area contributed by atoms with E-state index in [0.717, 1.165) is 11.9 Å². The summed E-state index contributed by atoms with van der Waals surface area (Å²) >= 11 is 0.995. The number of carbonyl (C=O) groups excluding carboxylic acids is 2. The lowest BCUT2D eigenvalue weighted by Gasteiger charge is -1.93. The molecule has 1 amide bonds. The predicted octanol–water partition coefficient (Wildman–Crippen LogP) is 0.196. The number of hydrogen-bond acceptors (Lipinski definition) is 4. The fourth-order valence-corrected chi connectivity index (χ4v) is 0.701. The van der Waals surface area contributed by atoms with Crippen molar-refractivity contribution in [3.63, 3.8) is 0 Å². The summed E-state index contributed by atoms with van der Waals surface area (Å²) < 4.78 is 3.28. The molecule has 5 heteroatoms. The van der Waals surface area contributed by atoms with Gasteiger partial charge in [-0.15, -0.1) is 4.52 Å². The summed E-state index contributed by atoms with van der Waals surface area (Å²) in [4.78, 5) is 20.4. The second-order valence-electron chi connectivity index (χ2n) is 1.18. The summed E-state index contributed by atoms with van der Waals surface area (Å²) in [5.74, 6) is -1.06. The Labute approximate surface area is 49.5 Å². The summed E-state index contributed by atoms with van der Waals surface area (Å²) in [6.45, 7) is 0. The highest BCUT2D eigenvalue weighted by Crippen LogP contribution is 2.08. The van der Waals surface area contributed by atoms with Gasteiger partial charge in [-0.3, -0.25) is 9.59 Å². The molecule has 4 nitrogen and oxygen atoms in total. The monoisotopic (exact) mass is 130 g/mol. The molecule has 0 saturated heterocycles. The van der Waals surface area contributed by atoms with Crippen LogP contribution in [0, 0.1) is 0 Å². The molecule has 1 heterocycles. The van der Waals surface area contributed by atoms with Crippen molar-refractivity contribution in [3.8, 4) is 0 Å². The lowest BCUT2D eigenvalue weighted by atomic mass is 10.4. The van der Waals surface area contributed by atoms with E-state index in [2.05, 4.69) is 9.63 Å². The third kappa shape index (κ3) is 0.919. The Morgan fingerprint density at radius 3 is 2.62 bits per heavy atom. The van der Waals surface area contributed by atoms with Gasteiger partial charge in [-0.1, -0.05) is 5.11 Å². The van der Waals surface area contributed by atoms with Crippen LogP contribution in [0.2, 0.25) is 0 Å². The second-order valence-corrected chi connectivity index (χ2v) is 1.89. The van der Waals surface area contributed by atoms with Crippen LogP contribution in [0.3, 0.4) is 0 Å². The molecule has 1 rings (SSSR count). The normalized spacial score (nSPS) is 19.5. The lowest BCUT2D eigenvalue weighted by Crippen LogP contribution is -2.15. The quantitative estimate of drug-likeness (QED) is 0.347. The second kappa shape index (κ2) is 2.04. The van der Waals surface area contributed by atoms with Gasteiger partial charge in [0.25, 0.3) is 0 Å². The summed E-state index contributed by atoms with van der Waals surface area (Å²) in [5.41, 5.74) is 0. The van der Waals surface area contributed by atoms with Crippen molar-refractivity contribution in [1.82, 2.24) is 0 Å². The maximum atomic E-state index is 10.3. The molecule has 0 aromatic heterocycles. The van der Waals surface area contributed by atoms with E-state index in [9.17, 15) is 9.59 Å². The zero-order valence-corrected chi connectivity index (χ0v) is 4.64. The molecule has 0 fully saturated rings. The number of nitrogens with zero attached hydrogens (tertiary/aromatic N) is 2. The first-order valence-corrected chi connectivity index (χ1v) is 2.85. The molecular weight excluding hydrogens is 128 g/mol. The van der Waals surface area contributed by atoms with Gasteiger partial charge in [0.1, 0.15) is 0 Å². The van der Waals surface area contributed by atoms with Crippen LogP contribution in [0.15, 0.2) is 9.63 Å². The van der Waals surface area contributed by atoms with Crippen molar-refractivity contribution in [1.29, 1.82) is 0 Å². The third-order valence-corrected chi connectivity index (χ3v) is 1.21. The fraction of sp³-hybridized carbons (Fsp3) is 0.333. The van der Waals surface area contributed by atoms with Crippen molar-refractivity contribution in [2.45, 2.75) is 0 Å². The fourth-order valence-electron chi connectivity index (χ4n) is 0.271. The van der Waals surface area contributed by atoms with Crippen LogP contribution >= 0.6 is 11.9 Å². The Bertz CT molecular complexity index is 165. The minimum Gasteiger partial charge on any atom is -0.288 e. The molecule has 1 aliphatic rings. The molecule has 0 aliphatic carbocycles. The van der Waals surface area contributed by atoms with E-state index in [0.29, 0.717) is 0 Å². The first kappa shape index (κ1) is 5.43. The average molecular weight is 130 g/mol. The zero-order valence-electron chi connectivity index (χ0n) is 3.83. The van der Waals surface area contributed by atoms with E-state index >= 15 is 0 Å². The van der Waals surface area contributed by atoms with Crippen molar-refractivity contribution in [2.75, 3.05) is 5.75 Å². The van der Waals surface area contributed by atoms with Crippen LogP contribution in [-0.2, 0) is 9.59 Å². The summed E-state index contributed by atoms with van der Waals surface area (Å²) in [7, 11) is 0. The van der Waals surface area contributed by atoms with E-state index in [-0.39, 0.29) is 5.75 Å². The van der Waals surface area contributed by atoms with Gasteiger partial charge in [0.05, 0.1) is 5.75 Å². The largest absolute Gasteiger partial charge is 0.332 e. The maximum absolute atomic E-state index is 10.3. The zero-order chi connectivity index (χ0) is 5.98. The summed E-state index contributed by atoms with van der Waals surface area (Å²) in [6.07, 6.45) is 0. The number of amides is 1. The number of rotatable bonds is 0. The first-order valence-electron chi connectivity index (χ1n) is 1.91. The molecule has 0 aromatic carbocycles. The van der Waals surface area contributed by atoms with Gasteiger partial charge in [0, 0.05) is 11.9 Å². The Hall–Kier alpha value is -0.710. The predicted molar refractivity (Wildman–Crippen MR) is 27.3 cm³/mol. The maximum Gasteiger partial charge on any atom is 0.332 e. The molecule has 0 spiro atoms. The van der Waals surface area contributed by atoms with Crippen molar-refractivity contribution in [3.05, 3.63) is 0 Å². The lowest BCUT2D eigenvalue weighted by molar-refractivity contribution is -0.134. The molecule has 0 radical (unpaired) electrons. The van der Waals surface area contributed by atoms with E-state index in [1.807, 2.05) is 0 Å². The number of carbonyl (C=O) groups is 2. The van der Waals surface area contributed by atoms with Gasteiger partial charge >= 0.3 is 5.91 Å². The van der Waals surface area contributed by atoms with E-state index in [4.69, 9.17) is 0 Å². The minimum absolute atomic E-state index is 0.141. The number of Topliss-reactive ketones (excluding diaryl/α,β-unsaturated/α-hetero) is 1. The summed E-state index contributed by atoms with van der Waals surface area (Å²) in [5, 5.41) is 3.01. The van der Waals surface area contributed by atoms with Gasteiger partial charge in [-0.25, -0.2) is 0 Å². The molecule has 1 aliphatic heterocycles. The van der Waals surface area contributed by atoms with E-state index < -0.39 is 11.7 Å². The number of ketones is 1. The smallest absolute Gasteiger partial charge is 0.288 e. The number of hydrogen-bond donors (Lipinski definition) is 0. The molecule has 0 atom stereocenters. The van der Waals surface area contributed by atoms with Crippen molar-refractivity contribution >= 4 is 23.6 Å². The highest BCUT2D eigenvalue weighted by Gasteiger charge is 2.16. The Morgan fingerprint density at radius 1 is 1.50 bits per heavy atom. The minimum atomic E-state index is -0.733. The van der Waals surface area contributed by atoms with Crippen LogP contribution in [0.25, 0.3) is 0 Å². The Morgan fingerprint density at radius 2 is 2.25 bits per heavy atom. The molecule has 0 unspecified atom stereocenters. The van der Waals surface area contributed by atoms with Crippen LogP contribution in [0.1, 0.15) is 0 Å². The highest BCUT2D eigenvalue weighted by molar-refractivity contribution is 7.98. The Balaban J connectivity index is 2.75. The van der Waals surface area contributed by atoms with E-state index in [1.54, 1.807) is 0 Å². The molecule has 8 heavy (non-hydrogen) atoms. The van der Waals surface area contributed by atoms with Gasteiger partial charge in [0.2, 0.25) is 5.78 Å². The highest BCUT2D eigenvalue weighted by atomic mass is 32.2. The molecular formula is C3H2N2O2S. The van der Waals surface area contributed by atoms with Crippen LogP contribution in [0.4, 0.5) is 0 Å². The van der Waals surface area contributed by atoms with Gasteiger partial charge in [-0.05, 0) is 0 Å². The third-order valence-electron chi connectivity index (χ3n) is 0.624. The topological polar surface area (TPSA) is 58.9 Å². The molecule has 0 bridgehead atoms. The average Bonchev–Trinajstić information content (AvgIpc) is 1.77. The molecule has 0 N–H and O–H groups in total. The molecule has 0 aromatic rings. The van der Waals surface area contributed by atoms with Crippen LogP contribution < -0.4 is 0 Å². The van der Waals surface area contributed by atoms with Gasteiger partial charge in [-0.2, -0.15) is 0 Å². The van der Waals surface area contributed by atoms with Crippen LogP contribution in [0.5, 0.6) is 0 Å². The summed E-state index contributed by atoms with van der Waals surface area (Å²) in [6, 6.07) is 0. The Kier molecular flexibility index (Phi) is 1.38. The van der Waals surface area contributed by atoms with Crippen LogP contribution in [-0.4, -0.2) is 17.4 Å². The van der Waals surface area contributed by atoms with Gasteiger partial charge < -0.3 is 0 Å². The standard InChI is InChI=1S/C3H2N2O2S/c6-2-1-8-5-4-3(2)7/h1H2. The first-order chi connectivity index (χ1) is 3.80. The van der Waals surface area contributed by atoms with Crippen molar-refractivity contribution < 1.29 is 9.59 Å².